The molecule has 0 aliphatic rings. The molecule has 0 saturated carbocycles. The van der Waals surface area contributed by atoms with E-state index in [2.05, 4.69) is 19.6 Å². The van der Waals surface area contributed by atoms with Crippen molar-refractivity contribution in [2.45, 2.75) is 30.7 Å². The number of ether oxygens (including phenoxy) is 1. The summed E-state index contributed by atoms with van der Waals surface area (Å²) in [5, 5.41) is 0. The van der Waals surface area contributed by atoms with Crippen molar-refractivity contribution in [1.29, 1.82) is 0 Å². The predicted molar refractivity (Wildman–Crippen MR) is 80.7 cm³/mol. The minimum Gasteiger partial charge on any atom is -0.494 e. The molecule has 0 aliphatic heterocycles. The molecule has 1 atom stereocenters. The Bertz CT molecular complexity index is 471. The van der Waals surface area contributed by atoms with Crippen molar-refractivity contribution in [2.24, 2.45) is 5.73 Å². The lowest BCUT2D eigenvalue weighted by atomic mass is 10.3. The van der Waals surface area contributed by atoms with Crippen molar-refractivity contribution in [2.75, 3.05) is 18.1 Å². The van der Waals surface area contributed by atoms with Crippen LogP contribution >= 0.6 is 12.6 Å². The molecular formula is C13H21NO3S2. The maximum absolute atomic E-state index is 12.0. The van der Waals surface area contributed by atoms with E-state index in [4.69, 9.17) is 10.5 Å². The summed E-state index contributed by atoms with van der Waals surface area (Å²) in [6.07, 6.45) is 2.05. The van der Waals surface area contributed by atoms with Crippen LogP contribution in [0, 0.1) is 0 Å². The smallest absolute Gasteiger partial charge is 0.179 e. The molecule has 1 aromatic carbocycles. The molecule has 6 heteroatoms. The van der Waals surface area contributed by atoms with Gasteiger partial charge in [-0.25, -0.2) is 8.42 Å². The summed E-state index contributed by atoms with van der Waals surface area (Å²) in [7, 11) is -3.34. The normalized spacial score (nSPS) is 13.2. The highest BCUT2D eigenvalue weighted by molar-refractivity contribution is 7.91. The minimum atomic E-state index is -3.34. The second-order valence-electron chi connectivity index (χ2n) is 4.40. The lowest BCUT2D eigenvalue weighted by molar-refractivity contribution is 0.309. The number of sulfone groups is 1. The first-order chi connectivity index (χ1) is 8.99. The molecule has 0 saturated heterocycles. The standard InChI is InChI=1S/C13H21NO3S2/c1-2-3-8-17-12-4-6-13(7-5-12)19(15,16)10-11(14)9-18/h4-7,11,18H,2-3,8-10,14H2,1H3. The van der Waals surface area contributed by atoms with Crippen LogP contribution in [0.15, 0.2) is 29.2 Å². The second kappa shape index (κ2) is 7.77. The monoisotopic (exact) mass is 303 g/mol. The van der Waals surface area contributed by atoms with Gasteiger partial charge in [0.1, 0.15) is 5.75 Å². The Hall–Kier alpha value is -0.720. The van der Waals surface area contributed by atoms with Crippen LogP contribution in [-0.4, -0.2) is 32.6 Å². The van der Waals surface area contributed by atoms with Crippen molar-refractivity contribution >= 4 is 22.5 Å². The molecule has 0 bridgehead atoms. The van der Waals surface area contributed by atoms with E-state index in [1.807, 2.05) is 0 Å². The lowest BCUT2D eigenvalue weighted by Crippen LogP contribution is -2.31. The van der Waals surface area contributed by atoms with Gasteiger partial charge in [0.15, 0.2) is 9.84 Å². The van der Waals surface area contributed by atoms with Gasteiger partial charge in [0.2, 0.25) is 0 Å². The minimum absolute atomic E-state index is 0.0907. The molecule has 4 nitrogen and oxygen atoms in total. The van der Waals surface area contributed by atoms with Gasteiger partial charge in [0, 0.05) is 11.8 Å². The number of hydrogen-bond donors (Lipinski definition) is 2. The molecule has 0 fully saturated rings. The van der Waals surface area contributed by atoms with Gasteiger partial charge < -0.3 is 10.5 Å². The van der Waals surface area contributed by atoms with Crippen molar-refractivity contribution < 1.29 is 13.2 Å². The van der Waals surface area contributed by atoms with Crippen LogP contribution in [0.25, 0.3) is 0 Å². The van der Waals surface area contributed by atoms with Gasteiger partial charge in [0.25, 0.3) is 0 Å². The Balaban J connectivity index is 2.69. The zero-order chi connectivity index (χ0) is 14.3. The van der Waals surface area contributed by atoms with Crippen molar-refractivity contribution in [3.63, 3.8) is 0 Å². The summed E-state index contributed by atoms with van der Waals surface area (Å²) in [4.78, 5) is 0.271. The zero-order valence-corrected chi connectivity index (χ0v) is 12.8. The Morgan fingerprint density at radius 3 is 2.47 bits per heavy atom. The second-order valence-corrected chi connectivity index (χ2v) is 6.80. The SMILES string of the molecule is CCCCOc1ccc(S(=O)(=O)CC(N)CS)cc1. The fraction of sp³-hybridized carbons (Fsp3) is 0.538. The van der Waals surface area contributed by atoms with Crippen molar-refractivity contribution in [3.05, 3.63) is 24.3 Å². The van der Waals surface area contributed by atoms with Gasteiger partial charge in [-0.15, -0.1) is 0 Å². The summed E-state index contributed by atoms with van der Waals surface area (Å²) in [5.74, 6) is 0.940. The summed E-state index contributed by atoms with van der Waals surface area (Å²) >= 11 is 3.99. The van der Waals surface area contributed by atoms with E-state index in [0.717, 1.165) is 12.8 Å². The molecule has 0 spiro atoms. The third kappa shape index (κ3) is 5.42. The number of unbranched alkanes of at least 4 members (excludes halogenated alkanes) is 1. The number of rotatable bonds is 8. The van der Waals surface area contributed by atoms with E-state index in [1.165, 1.54) is 0 Å². The quantitative estimate of drug-likeness (QED) is 0.568. The van der Waals surface area contributed by atoms with E-state index in [-0.39, 0.29) is 10.6 Å². The van der Waals surface area contributed by atoms with Crippen LogP contribution in [0.4, 0.5) is 0 Å². The molecule has 0 amide bonds. The van der Waals surface area contributed by atoms with E-state index in [1.54, 1.807) is 24.3 Å². The van der Waals surface area contributed by atoms with Gasteiger partial charge in [0.05, 0.1) is 17.3 Å². The zero-order valence-electron chi connectivity index (χ0n) is 11.1. The average molecular weight is 303 g/mol. The summed E-state index contributed by atoms with van der Waals surface area (Å²) in [5.41, 5.74) is 5.63. The highest BCUT2D eigenvalue weighted by Crippen LogP contribution is 2.18. The van der Waals surface area contributed by atoms with Gasteiger partial charge in [-0.3, -0.25) is 0 Å². The molecule has 1 aromatic rings. The number of hydrogen-bond acceptors (Lipinski definition) is 5. The van der Waals surface area contributed by atoms with Gasteiger partial charge in [-0.1, -0.05) is 13.3 Å². The topological polar surface area (TPSA) is 69.4 Å². The van der Waals surface area contributed by atoms with Crippen LogP contribution in [0.3, 0.4) is 0 Å². The summed E-state index contributed by atoms with van der Waals surface area (Å²) in [6.45, 7) is 2.73. The van der Waals surface area contributed by atoms with Crippen LogP contribution in [0.2, 0.25) is 0 Å². The number of thiol groups is 1. The molecule has 0 heterocycles. The third-order valence-electron chi connectivity index (χ3n) is 2.62. The Morgan fingerprint density at radius 2 is 1.95 bits per heavy atom. The van der Waals surface area contributed by atoms with Crippen molar-refractivity contribution in [3.8, 4) is 5.75 Å². The maximum Gasteiger partial charge on any atom is 0.179 e. The lowest BCUT2D eigenvalue weighted by Gasteiger charge is -2.10. The summed E-state index contributed by atoms with van der Waals surface area (Å²) < 4.78 is 29.5. The fourth-order valence-electron chi connectivity index (χ4n) is 1.51. The van der Waals surface area contributed by atoms with Gasteiger partial charge >= 0.3 is 0 Å². The highest BCUT2D eigenvalue weighted by Gasteiger charge is 2.18. The molecule has 1 rings (SSSR count). The van der Waals surface area contributed by atoms with Crippen LogP contribution in [0.5, 0.6) is 5.75 Å². The molecule has 0 radical (unpaired) electrons. The summed E-state index contributed by atoms with van der Waals surface area (Å²) in [6, 6.07) is 6.02. The average Bonchev–Trinajstić information content (AvgIpc) is 2.39. The van der Waals surface area contributed by atoms with Gasteiger partial charge in [-0.2, -0.15) is 12.6 Å². The largest absolute Gasteiger partial charge is 0.494 e. The number of benzene rings is 1. The first-order valence-electron chi connectivity index (χ1n) is 6.31. The Labute approximate surface area is 120 Å². The fourth-order valence-corrected chi connectivity index (χ4v) is 3.24. The predicted octanol–water partition coefficient (Wildman–Crippen LogP) is 1.90. The Morgan fingerprint density at radius 1 is 1.32 bits per heavy atom. The molecule has 108 valence electrons. The maximum atomic E-state index is 12.0. The van der Waals surface area contributed by atoms with E-state index >= 15 is 0 Å². The van der Waals surface area contributed by atoms with E-state index in [9.17, 15) is 8.42 Å². The van der Waals surface area contributed by atoms with E-state index in [0.29, 0.717) is 18.1 Å². The highest BCUT2D eigenvalue weighted by atomic mass is 32.2. The molecular weight excluding hydrogens is 282 g/mol. The van der Waals surface area contributed by atoms with Crippen LogP contribution < -0.4 is 10.5 Å². The number of nitrogens with two attached hydrogens (primary N) is 1. The first kappa shape index (κ1) is 16.3. The molecule has 0 aliphatic carbocycles. The molecule has 1 unspecified atom stereocenters. The molecule has 19 heavy (non-hydrogen) atoms. The first-order valence-corrected chi connectivity index (χ1v) is 8.60. The van der Waals surface area contributed by atoms with Crippen molar-refractivity contribution in [1.82, 2.24) is 0 Å². The van der Waals surface area contributed by atoms with Gasteiger partial charge in [-0.05, 0) is 30.7 Å². The van der Waals surface area contributed by atoms with Crippen LogP contribution in [-0.2, 0) is 9.84 Å². The van der Waals surface area contributed by atoms with Crippen LogP contribution in [0.1, 0.15) is 19.8 Å². The molecule has 2 N–H and O–H groups in total. The third-order valence-corrected chi connectivity index (χ3v) is 4.94. The van der Waals surface area contributed by atoms with E-state index < -0.39 is 15.9 Å². The Kier molecular flexibility index (Phi) is 6.68. The molecule has 0 aromatic heterocycles.